The lowest BCUT2D eigenvalue weighted by Crippen LogP contribution is -2.10. The molecule has 1 heterocycles. The Bertz CT molecular complexity index is 270. The fourth-order valence-corrected chi connectivity index (χ4v) is 1.55. The summed E-state index contributed by atoms with van der Waals surface area (Å²) in [5.41, 5.74) is 1.18. The Balaban J connectivity index is 2.39. The lowest BCUT2D eigenvalue weighted by atomic mass is 10.2. The molecule has 0 bridgehead atoms. The summed E-state index contributed by atoms with van der Waals surface area (Å²) >= 11 is 0. The van der Waals surface area contributed by atoms with Gasteiger partial charge in [0.15, 0.2) is 0 Å². The first-order valence-electron chi connectivity index (χ1n) is 5.59. The van der Waals surface area contributed by atoms with Gasteiger partial charge in [0.1, 0.15) is 12.4 Å². The second kappa shape index (κ2) is 6.64. The Hall–Kier alpha value is -0.800. The van der Waals surface area contributed by atoms with Crippen molar-refractivity contribution in [1.29, 1.82) is 0 Å². The Morgan fingerprint density at radius 3 is 3.00 bits per heavy atom. The van der Waals surface area contributed by atoms with Gasteiger partial charge in [-0.25, -0.2) is 0 Å². The fourth-order valence-electron chi connectivity index (χ4n) is 1.55. The third-order valence-electron chi connectivity index (χ3n) is 2.40. The van der Waals surface area contributed by atoms with Gasteiger partial charge in [-0.05, 0) is 26.5 Å². The van der Waals surface area contributed by atoms with E-state index in [1.54, 1.807) is 6.26 Å². The van der Waals surface area contributed by atoms with Gasteiger partial charge in [-0.3, -0.25) is 0 Å². The zero-order valence-electron chi connectivity index (χ0n) is 9.88. The summed E-state index contributed by atoms with van der Waals surface area (Å²) in [5, 5.41) is 3.11. The van der Waals surface area contributed by atoms with Crippen molar-refractivity contribution in [3.63, 3.8) is 0 Å². The zero-order chi connectivity index (χ0) is 11.1. The van der Waals surface area contributed by atoms with Crippen LogP contribution in [0.25, 0.3) is 0 Å². The van der Waals surface area contributed by atoms with Crippen LogP contribution in [0.1, 0.15) is 38.0 Å². The van der Waals surface area contributed by atoms with Gasteiger partial charge < -0.3 is 14.5 Å². The van der Waals surface area contributed by atoms with Gasteiger partial charge in [-0.1, -0.05) is 13.3 Å². The minimum Gasteiger partial charge on any atom is -0.467 e. The van der Waals surface area contributed by atoms with Crippen molar-refractivity contribution in [2.24, 2.45) is 0 Å². The van der Waals surface area contributed by atoms with Crippen LogP contribution in [0.2, 0.25) is 0 Å². The molecule has 1 rings (SSSR count). The van der Waals surface area contributed by atoms with Crippen molar-refractivity contribution in [2.75, 3.05) is 7.05 Å². The molecule has 86 valence electrons. The van der Waals surface area contributed by atoms with Gasteiger partial charge >= 0.3 is 0 Å². The molecule has 1 unspecified atom stereocenters. The summed E-state index contributed by atoms with van der Waals surface area (Å²) in [5.74, 6) is 0.937. The van der Waals surface area contributed by atoms with Crippen LogP contribution in [0.3, 0.4) is 0 Å². The summed E-state index contributed by atoms with van der Waals surface area (Å²) < 4.78 is 11.1. The molecule has 0 fully saturated rings. The van der Waals surface area contributed by atoms with E-state index >= 15 is 0 Å². The van der Waals surface area contributed by atoms with E-state index in [0.717, 1.165) is 25.1 Å². The van der Waals surface area contributed by atoms with Crippen molar-refractivity contribution in [3.8, 4) is 0 Å². The molecule has 1 aromatic rings. The van der Waals surface area contributed by atoms with Gasteiger partial charge in [0.2, 0.25) is 0 Å². The van der Waals surface area contributed by atoms with E-state index in [9.17, 15) is 0 Å². The maximum atomic E-state index is 5.69. The van der Waals surface area contributed by atoms with E-state index in [2.05, 4.69) is 19.2 Å². The molecule has 0 aliphatic heterocycles. The molecule has 1 aromatic heterocycles. The highest BCUT2D eigenvalue weighted by Crippen LogP contribution is 2.13. The second-order valence-electron chi connectivity index (χ2n) is 3.81. The molecule has 1 N–H and O–H groups in total. The Morgan fingerprint density at radius 2 is 2.33 bits per heavy atom. The smallest absolute Gasteiger partial charge is 0.133 e. The van der Waals surface area contributed by atoms with E-state index in [-0.39, 0.29) is 0 Å². The molecule has 0 aliphatic rings. The summed E-state index contributed by atoms with van der Waals surface area (Å²) in [6.45, 7) is 5.67. The van der Waals surface area contributed by atoms with Crippen molar-refractivity contribution >= 4 is 0 Å². The summed E-state index contributed by atoms with van der Waals surface area (Å²) in [6.07, 6.45) is 4.28. The molecule has 3 heteroatoms. The first kappa shape index (κ1) is 12.3. The average molecular weight is 211 g/mol. The van der Waals surface area contributed by atoms with Crippen LogP contribution < -0.4 is 5.32 Å². The monoisotopic (exact) mass is 211 g/mol. The molecule has 0 saturated carbocycles. The standard InChI is InChI=1S/C12H21NO2/c1-4-5-10(2)15-9-12-11(8-13-3)6-7-14-12/h6-7,10,13H,4-5,8-9H2,1-3H3. The molecule has 15 heavy (non-hydrogen) atoms. The van der Waals surface area contributed by atoms with Crippen LogP contribution in [-0.4, -0.2) is 13.2 Å². The van der Waals surface area contributed by atoms with Crippen molar-refractivity contribution in [2.45, 2.75) is 45.9 Å². The highest BCUT2D eigenvalue weighted by atomic mass is 16.5. The Kier molecular flexibility index (Phi) is 5.43. The Morgan fingerprint density at radius 1 is 1.53 bits per heavy atom. The maximum Gasteiger partial charge on any atom is 0.133 e. The molecule has 0 radical (unpaired) electrons. The van der Waals surface area contributed by atoms with E-state index in [0.29, 0.717) is 12.7 Å². The number of ether oxygens (including phenoxy) is 1. The van der Waals surface area contributed by atoms with E-state index in [1.165, 1.54) is 5.56 Å². The number of rotatable bonds is 7. The highest BCUT2D eigenvalue weighted by molar-refractivity contribution is 5.15. The minimum atomic E-state index is 0.308. The van der Waals surface area contributed by atoms with Crippen molar-refractivity contribution in [1.82, 2.24) is 5.32 Å². The third-order valence-corrected chi connectivity index (χ3v) is 2.40. The molecule has 0 saturated heterocycles. The first-order chi connectivity index (χ1) is 7.27. The lowest BCUT2D eigenvalue weighted by molar-refractivity contribution is 0.0367. The molecule has 0 aliphatic carbocycles. The predicted molar refractivity (Wildman–Crippen MR) is 60.6 cm³/mol. The first-order valence-corrected chi connectivity index (χ1v) is 5.59. The number of furan rings is 1. The van der Waals surface area contributed by atoms with Gasteiger partial charge in [0.25, 0.3) is 0 Å². The maximum absolute atomic E-state index is 5.69. The number of nitrogens with one attached hydrogen (secondary N) is 1. The molecule has 1 atom stereocenters. The largest absolute Gasteiger partial charge is 0.467 e. The molecular weight excluding hydrogens is 190 g/mol. The third kappa shape index (κ3) is 4.06. The van der Waals surface area contributed by atoms with E-state index in [4.69, 9.17) is 9.15 Å². The van der Waals surface area contributed by atoms with Crippen LogP contribution in [0.15, 0.2) is 16.7 Å². The van der Waals surface area contributed by atoms with Crippen LogP contribution in [0, 0.1) is 0 Å². The van der Waals surface area contributed by atoms with E-state index < -0.39 is 0 Å². The normalized spacial score (nSPS) is 13.0. The number of hydrogen-bond donors (Lipinski definition) is 1. The quantitative estimate of drug-likeness (QED) is 0.753. The second-order valence-corrected chi connectivity index (χ2v) is 3.81. The molecule has 0 aromatic carbocycles. The van der Waals surface area contributed by atoms with Crippen LogP contribution in [0.4, 0.5) is 0 Å². The Labute approximate surface area is 91.8 Å². The summed E-state index contributed by atoms with van der Waals surface area (Å²) in [7, 11) is 1.93. The summed E-state index contributed by atoms with van der Waals surface area (Å²) in [6, 6.07) is 1.99. The SMILES string of the molecule is CCCC(C)OCc1occc1CNC. The number of hydrogen-bond acceptors (Lipinski definition) is 3. The van der Waals surface area contributed by atoms with Crippen LogP contribution in [0.5, 0.6) is 0 Å². The van der Waals surface area contributed by atoms with Crippen molar-refractivity contribution < 1.29 is 9.15 Å². The average Bonchev–Trinajstić information content (AvgIpc) is 2.64. The van der Waals surface area contributed by atoms with Gasteiger partial charge in [0.05, 0.1) is 12.4 Å². The summed E-state index contributed by atoms with van der Waals surface area (Å²) in [4.78, 5) is 0. The molecular formula is C12H21NO2. The topological polar surface area (TPSA) is 34.4 Å². The lowest BCUT2D eigenvalue weighted by Gasteiger charge is -2.11. The highest BCUT2D eigenvalue weighted by Gasteiger charge is 2.07. The van der Waals surface area contributed by atoms with Gasteiger partial charge in [-0.15, -0.1) is 0 Å². The molecule has 0 amide bonds. The molecule has 3 nitrogen and oxygen atoms in total. The van der Waals surface area contributed by atoms with Gasteiger partial charge in [-0.2, -0.15) is 0 Å². The van der Waals surface area contributed by atoms with Gasteiger partial charge in [0, 0.05) is 12.1 Å². The predicted octanol–water partition coefficient (Wildman–Crippen LogP) is 2.70. The van der Waals surface area contributed by atoms with Crippen molar-refractivity contribution in [3.05, 3.63) is 23.7 Å². The van der Waals surface area contributed by atoms with Crippen LogP contribution >= 0.6 is 0 Å². The zero-order valence-corrected chi connectivity index (χ0v) is 9.88. The fraction of sp³-hybridized carbons (Fsp3) is 0.667. The van der Waals surface area contributed by atoms with Crippen LogP contribution in [-0.2, 0) is 17.9 Å². The molecule has 0 spiro atoms. The minimum absolute atomic E-state index is 0.308. The van der Waals surface area contributed by atoms with E-state index in [1.807, 2.05) is 13.1 Å².